The molecule has 0 aliphatic heterocycles. The number of carbonyl (C=O) groups is 2. The van der Waals surface area contributed by atoms with Gasteiger partial charge in [0.05, 0.1) is 10.7 Å². The van der Waals surface area contributed by atoms with E-state index < -0.39 is 35.5 Å². The molecule has 0 aliphatic carbocycles. The second-order valence-electron chi connectivity index (χ2n) is 7.22. The highest BCUT2D eigenvalue weighted by atomic mass is 35.5. The molecule has 0 unspecified atom stereocenters. The average molecular weight is 489 g/mol. The van der Waals surface area contributed by atoms with Crippen LogP contribution >= 0.6 is 11.6 Å². The smallest absolute Gasteiger partial charge is 0.431 e. The van der Waals surface area contributed by atoms with Crippen LogP contribution in [-0.4, -0.2) is 27.5 Å². The van der Waals surface area contributed by atoms with Crippen molar-refractivity contribution in [1.29, 1.82) is 0 Å². The van der Waals surface area contributed by atoms with Crippen LogP contribution in [0.4, 0.5) is 13.2 Å². The number of Topliss-reactive ketones (excluding diaryl/α,β-unsaturated/α-hetero) is 1. The summed E-state index contributed by atoms with van der Waals surface area (Å²) in [5.41, 5.74) is -3.30. The molecule has 0 N–H and O–H groups in total. The topological polar surface area (TPSA) is 96.6 Å². The van der Waals surface area contributed by atoms with Gasteiger partial charge in [0, 0.05) is 19.2 Å². The van der Waals surface area contributed by atoms with Gasteiger partial charge < -0.3 is 9.47 Å². The van der Waals surface area contributed by atoms with Crippen LogP contribution < -0.4 is 16.0 Å². The highest BCUT2D eigenvalue weighted by Gasteiger charge is 2.35. The van der Waals surface area contributed by atoms with E-state index in [-0.39, 0.29) is 34.6 Å². The molecule has 1 aromatic heterocycles. The molecule has 0 atom stereocenters. The normalized spacial score (nSPS) is 11.2. The first-order valence-electron chi connectivity index (χ1n) is 9.41. The molecular weight excluding hydrogens is 469 g/mol. The van der Waals surface area contributed by atoms with Gasteiger partial charge in [-0.2, -0.15) is 13.2 Å². The van der Waals surface area contributed by atoms with Crippen molar-refractivity contribution in [1.82, 2.24) is 9.13 Å². The minimum absolute atomic E-state index is 0.0400. The molecule has 0 saturated carbocycles. The molecule has 33 heavy (non-hydrogen) atoms. The number of carbonyl (C=O) groups excluding carboxylic acids is 2. The van der Waals surface area contributed by atoms with Crippen molar-refractivity contribution in [2.75, 3.05) is 6.61 Å². The molecule has 8 nitrogen and oxygen atoms in total. The molecule has 0 amide bonds. The summed E-state index contributed by atoms with van der Waals surface area (Å²) < 4.78 is 50.8. The van der Waals surface area contributed by atoms with Gasteiger partial charge in [0.1, 0.15) is 36.0 Å². The lowest BCUT2D eigenvalue weighted by molar-refractivity contribution is -0.146. The van der Waals surface area contributed by atoms with Gasteiger partial charge in [-0.3, -0.25) is 19.0 Å². The van der Waals surface area contributed by atoms with E-state index in [1.54, 1.807) is 13.8 Å². The Morgan fingerprint density at radius 3 is 2.27 bits per heavy atom. The van der Waals surface area contributed by atoms with E-state index in [4.69, 9.17) is 21.1 Å². The number of hydrogen-bond donors (Lipinski definition) is 0. The third kappa shape index (κ3) is 6.35. The number of alkyl halides is 3. The molecule has 1 aromatic carbocycles. The van der Waals surface area contributed by atoms with Gasteiger partial charge in [0.15, 0.2) is 0 Å². The fraction of sp³-hybridized carbons (Fsp3) is 0.333. The summed E-state index contributed by atoms with van der Waals surface area (Å²) in [4.78, 5) is 47.5. The number of allylic oxidation sites excluding steroid dienone is 1. The highest BCUT2D eigenvalue weighted by Crippen LogP contribution is 2.30. The Hall–Kier alpha value is -3.34. The van der Waals surface area contributed by atoms with E-state index in [1.807, 2.05) is 0 Å². The van der Waals surface area contributed by atoms with Crippen LogP contribution in [0.15, 0.2) is 45.2 Å². The molecule has 0 saturated heterocycles. The van der Waals surface area contributed by atoms with Crippen LogP contribution in [0.5, 0.6) is 5.75 Å². The SMILES string of the molecule is CC(=O)CC(=O)OCC(Oc1cc(-n2c(=O)cc(C(F)(F)F)n(C)c2=O)ccc1Cl)=C(C)C. The van der Waals surface area contributed by atoms with Crippen LogP contribution in [0.1, 0.15) is 32.9 Å². The molecule has 0 radical (unpaired) electrons. The van der Waals surface area contributed by atoms with E-state index in [0.717, 1.165) is 7.05 Å². The standard InChI is InChI=1S/C21H20ClF3N2O6/c1-11(2)16(10-32-19(30)7-12(3)28)33-15-8-13(5-6-14(15)22)27-18(29)9-17(21(23,24)25)26(4)20(27)31/h5-6,8-9H,7,10H2,1-4H3. The molecule has 178 valence electrons. The lowest BCUT2D eigenvalue weighted by atomic mass is 10.2. The van der Waals surface area contributed by atoms with Crippen molar-refractivity contribution >= 4 is 23.4 Å². The largest absolute Gasteiger partial charge is 0.457 e. The van der Waals surface area contributed by atoms with E-state index in [9.17, 15) is 32.3 Å². The summed E-state index contributed by atoms with van der Waals surface area (Å²) in [6, 6.07) is 4.06. The van der Waals surface area contributed by atoms with Crippen molar-refractivity contribution in [2.24, 2.45) is 7.05 Å². The number of hydrogen-bond acceptors (Lipinski definition) is 6. The van der Waals surface area contributed by atoms with Gasteiger partial charge in [-0.15, -0.1) is 0 Å². The summed E-state index contributed by atoms with van der Waals surface area (Å²) in [6.45, 7) is 4.22. The van der Waals surface area contributed by atoms with E-state index in [1.165, 1.54) is 25.1 Å². The Morgan fingerprint density at radius 2 is 1.73 bits per heavy atom. The summed E-state index contributed by atoms with van der Waals surface area (Å²) in [5, 5.41) is 0.0596. The van der Waals surface area contributed by atoms with Crippen LogP contribution in [0.25, 0.3) is 5.69 Å². The minimum atomic E-state index is -4.89. The van der Waals surface area contributed by atoms with Crippen molar-refractivity contribution in [3.05, 3.63) is 67.2 Å². The number of nitrogens with zero attached hydrogens (tertiary/aromatic N) is 2. The zero-order valence-electron chi connectivity index (χ0n) is 18.1. The van der Waals surface area contributed by atoms with E-state index in [2.05, 4.69) is 0 Å². The van der Waals surface area contributed by atoms with Gasteiger partial charge >= 0.3 is 17.8 Å². The van der Waals surface area contributed by atoms with Crippen molar-refractivity contribution < 1.29 is 32.2 Å². The average Bonchev–Trinajstić information content (AvgIpc) is 2.68. The lowest BCUT2D eigenvalue weighted by Gasteiger charge is -2.16. The molecule has 0 bridgehead atoms. The third-order valence-electron chi connectivity index (χ3n) is 4.33. The summed E-state index contributed by atoms with van der Waals surface area (Å²) in [7, 11) is 0.894. The molecule has 0 aliphatic rings. The Bertz CT molecular complexity index is 1240. The monoisotopic (exact) mass is 488 g/mol. The van der Waals surface area contributed by atoms with Crippen molar-refractivity contribution in [3.63, 3.8) is 0 Å². The van der Waals surface area contributed by atoms with E-state index in [0.29, 0.717) is 20.8 Å². The van der Waals surface area contributed by atoms with Crippen LogP contribution in [-0.2, 0) is 27.5 Å². The number of halogens is 4. The number of ether oxygens (including phenoxy) is 2. The molecule has 0 fully saturated rings. The first kappa shape index (κ1) is 25.9. The highest BCUT2D eigenvalue weighted by molar-refractivity contribution is 6.32. The Labute approximate surface area is 190 Å². The van der Waals surface area contributed by atoms with Gasteiger partial charge in [-0.1, -0.05) is 11.6 Å². The zero-order valence-corrected chi connectivity index (χ0v) is 18.8. The first-order valence-corrected chi connectivity index (χ1v) is 9.79. The maximum absolute atomic E-state index is 13.1. The zero-order chi connectivity index (χ0) is 25.1. The van der Waals surface area contributed by atoms with Crippen molar-refractivity contribution in [3.8, 4) is 11.4 Å². The van der Waals surface area contributed by atoms with Gasteiger partial charge in [-0.25, -0.2) is 9.36 Å². The fourth-order valence-electron chi connectivity index (χ4n) is 2.65. The fourth-order valence-corrected chi connectivity index (χ4v) is 2.81. The number of rotatable bonds is 7. The molecule has 1 heterocycles. The van der Waals surface area contributed by atoms with Gasteiger partial charge in [0.2, 0.25) is 0 Å². The lowest BCUT2D eigenvalue weighted by Crippen LogP contribution is -2.40. The van der Waals surface area contributed by atoms with Crippen LogP contribution in [0, 0.1) is 0 Å². The molecular formula is C21H20ClF3N2O6. The predicted molar refractivity (Wildman–Crippen MR) is 113 cm³/mol. The number of esters is 1. The summed E-state index contributed by atoms with van der Waals surface area (Å²) >= 11 is 6.14. The van der Waals surface area contributed by atoms with E-state index >= 15 is 0 Å². The Kier molecular flexibility index (Phi) is 7.91. The second kappa shape index (κ2) is 10.1. The molecule has 0 spiro atoms. The Morgan fingerprint density at radius 1 is 1.09 bits per heavy atom. The van der Waals surface area contributed by atoms with Gasteiger partial charge in [0.25, 0.3) is 5.56 Å². The summed E-state index contributed by atoms with van der Waals surface area (Å²) in [6.07, 6.45) is -5.30. The first-order chi connectivity index (χ1) is 15.2. The number of benzene rings is 1. The van der Waals surface area contributed by atoms with Crippen molar-refractivity contribution in [2.45, 2.75) is 33.4 Å². The molecule has 2 aromatic rings. The Balaban J connectivity index is 2.45. The summed E-state index contributed by atoms with van der Waals surface area (Å²) in [5.74, 6) is -1.01. The van der Waals surface area contributed by atoms with Crippen LogP contribution in [0.2, 0.25) is 5.02 Å². The van der Waals surface area contributed by atoms with Crippen LogP contribution in [0.3, 0.4) is 0 Å². The second-order valence-corrected chi connectivity index (χ2v) is 7.63. The predicted octanol–water partition coefficient (Wildman–Crippen LogP) is 3.40. The third-order valence-corrected chi connectivity index (χ3v) is 4.64. The minimum Gasteiger partial charge on any atom is -0.457 e. The maximum atomic E-state index is 13.1. The molecule has 2 rings (SSSR count). The number of aromatic nitrogens is 2. The van der Waals surface area contributed by atoms with Gasteiger partial charge in [-0.05, 0) is 38.5 Å². The quantitative estimate of drug-likeness (QED) is 0.337. The number of ketones is 1. The molecule has 12 heteroatoms. The maximum Gasteiger partial charge on any atom is 0.431 e.